The number of aliphatic carboxylic acids is 1. The summed E-state index contributed by atoms with van der Waals surface area (Å²) >= 11 is 5.41. The molecule has 3 aromatic rings. The molecule has 2 unspecified atom stereocenters. The average molecular weight is 618 g/mol. The van der Waals surface area contributed by atoms with Gasteiger partial charge >= 0.3 is 10.8 Å². The number of carboxylic acids is 1. The molecule has 5 rings (SSSR count). The molecule has 38 heavy (non-hydrogen) atoms. The third kappa shape index (κ3) is 4.88. The Kier molecular flexibility index (Phi) is 7.16. The third-order valence-corrected chi connectivity index (χ3v) is 9.19. The lowest BCUT2D eigenvalue weighted by Gasteiger charge is -2.31. The number of benzene rings is 2. The molecule has 3 N–H and O–H groups in total. The molecule has 0 radical (unpaired) electrons. The van der Waals surface area contributed by atoms with Crippen LogP contribution in [0.5, 0.6) is 5.75 Å². The van der Waals surface area contributed by atoms with Crippen molar-refractivity contribution < 1.29 is 29.0 Å². The standard InChI is InChI=1S/C25H20BrN3O7S2/c1-11-4-2-3-5-14(11)27-16(30)10-36-15-7-6-12(26)8-13(15)18-19-21(37-22-20(18)38-25(35)28-22)24(34)29(23(19)33)9-17(31)32/h2-8,18-19,21H,9-10H2,1H3,(H,27,30)(H,28,35)(H,31,32)/t18-,19?,21?/m0/s1. The van der Waals surface area contributed by atoms with Gasteiger partial charge in [-0.2, -0.15) is 0 Å². The van der Waals surface area contributed by atoms with Gasteiger partial charge < -0.3 is 20.1 Å². The molecule has 0 spiro atoms. The molecular formula is C25H20BrN3O7S2. The van der Waals surface area contributed by atoms with Crippen LogP contribution in [0.4, 0.5) is 5.69 Å². The first-order valence-corrected chi connectivity index (χ1v) is 13.9. The SMILES string of the molecule is Cc1ccccc1NC(=O)COc1ccc(Br)cc1[C@@H]1c2sc(=O)[nH]c2SC2C(=O)N(CC(=O)O)C(=O)C21. The predicted octanol–water partition coefficient (Wildman–Crippen LogP) is 3.20. The number of carbonyl (C=O) groups excluding carboxylic acids is 3. The highest BCUT2D eigenvalue weighted by Crippen LogP contribution is 2.54. The summed E-state index contributed by atoms with van der Waals surface area (Å²) < 4.78 is 6.57. The van der Waals surface area contributed by atoms with Crippen LogP contribution >= 0.6 is 39.0 Å². The Morgan fingerprint density at radius 3 is 2.66 bits per heavy atom. The molecule has 10 nitrogen and oxygen atoms in total. The van der Waals surface area contributed by atoms with Gasteiger partial charge in [-0.05, 0) is 36.8 Å². The maximum Gasteiger partial charge on any atom is 0.323 e. The predicted molar refractivity (Wildman–Crippen MR) is 144 cm³/mol. The number of aromatic amines is 1. The fourth-order valence-electron chi connectivity index (χ4n) is 4.64. The lowest BCUT2D eigenvalue weighted by Crippen LogP contribution is -2.36. The van der Waals surface area contributed by atoms with E-state index >= 15 is 0 Å². The zero-order valence-corrected chi connectivity index (χ0v) is 22.9. The summed E-state index contributed by atoms with van der Waals surface area (Å²) in [5.74, 6) is -4.38. The highest BCUT2D eigenvalue weighted by Gasteiger charge is 2.56. The maximum absolute atomic E-state index is 13.4. The van der Waals surface area contributed by atoms with Crippen molar-refractivity contribution in [3.05, 3.63) is 72.6 Å². The van der Waals surface area contributed by atoms with Gasteiger partial charge in [0.25, 0.3) is 5.91 Å². The van der Waals surface area contributed by atoms with Crippen molar-refractivity contribution in [2.45, 2.75) is 23.1 Å². The van der Waals surface area contributed by atoms with E-state index in [1.165, 1.54) is 0 Å². The smallest absolute Gasteiger partial charge is 0.323 e. The van der Waals surface area contributed by atoms with Crippen molar-refractivity contribution in [1.82, 2.24) is 9.88 Å². The lowest BCUT2D eigenvalue weighted by molar-refractivity contribution is -0.149. The molecule has 196 valence electrons. The van der Waals surface area contributed by atoms with Crippen LogP contribution in [0.3, 0.4) is 0 Å². The quantitative estimate of drug-likeness (QED) is 0.343. The highest BCUT2D eigenvalue weighted by molar-refractivity contribution is 9.10. The number of nitrogens with zero attached hydrogens (tertiary/aromatic N) is 1. The first kappa shape index (κ1) is 26.2. The first-order chi connectivity index (χ1) is 18.1. The van der Waals surface area contributed by atoms with Gasteiger partial charge in [0.05, 0.1) is 10.9 Å². The second-order valence-corrected chi connectivity index (χ2v) is 11.8. The number of amides is 3. The molecule has 2 aliphatic rings. The number of para-hydroxylation sites is 1. The zero-order valence-electron chi connectivity index (χ0n) is 19.7. The van der Waals surface area contributed by atoms with E-state index in [1.54, 1.807) is 30.3 Å². The Morgan fingerprint density at radius 1 is 1.16 bits per heavy atom. The van der Waals surface area contributed by atoms with Gasteiger partial charge in [0.2, 0.25) is 11.8 Å². The van der Waals surface area contributed by atoms with Crippen molar-refractivity contribution >= 4 is 68.4 Å². The van der Waals surface area contributed by atoms with E-state index in [4.69, 9.17) is 4.74 Å². The number of likely N-dealkylation sites (tertiary alicyclic amines) is 1. The largest absolute Gasteiger partial charge is 0.483 e. The van der Waals surface area contributed by atoms with Crippen LogP contribution in [-0.2, 0) is 19.2 Å². The Labute approximate surface area is 232 Å². The first-order valence-electron chi connectivity index (χ1n) is 11.4. The molecule has 0 bridgehead atoms. The van der Waals surface area contributed by atoms with Gasteiger partial charge in [-0.25, -0.2) is 0 Å². The summed E-state index contributed by atoms with van der Waals surface area (Å²) in [5.41, 5.74) is 2.04. The van der Waals surface area contributed by atoms with Gasteiger partial charge in [-0.15, -0.1) is 0 Å². The molecular weight excluding hydrogens is 598 g/mol. The van der Waals surface area contributed by atoms with E-state index in [9.17, 15) is 29.1 Å². The van der Waals surface area contributed by atoms with E-state index in [2.05, 4.69) is 26.2 Å². The molecule has 1 aromatic heterocycles. The summed E-state index contributed by atoms with van der Waals surface area (Å²) in [6.07, 6.45) is 0. The number of thioether (sulfide) groups is 1. The number of nitrogens with one attached hydrogen (secondary N) is 2. The lowest BCUT2D eigenvalue weighted by atomic mass is 9.82. The summed E-state index contributed by atoms with van der Waals surface area (Å²) in [6.45, 7) is 0.796. The number of carbonyl (C=O) groups is 4. The van der Waals surface area contributed by atoms with Gasteiger partial charge in [-0.1, -0.05) is 57.2 Å². The number of anilines is 1. The topological polar surface area (TPSA) is 146 Å². The Bertz CT molecular complexity index is 1540. The van der Waals surface area contributed by atoms with Crippen molar-refractivity contribution in [2.24, 2.45) is 5.92 Å². The van der Waals surface area contributed by atoms with Crippen molar-refractivity contribution in [2.75, 3.05) is 18.5 Å². The van der Waals surface area contributed by atoms with E-state index in [1.807, 2.05) is 19.1 Å². The molecule has 3 heterocycles. The number of H-pyrrole nitrogens is 1. The fraction of sp³-hybridized carbons (Fsp3) is 0.240. The normalized spacial score (nSPS) is 20.2. The van der Waals surface area contributed by atoms with E-state index in [-0.39, 0.29) is 11.5 Å². The Morgan fingerprint density at radius 2 is 1.92 bits per heavy atom. The highest BCUT2D eigenvalue weighted by atomic mass is 79.9. The van der Waals surface area contributed by atoms with Gasteiger partial charge in [0.15, 0.2) is 6.61 Å². The molecule has 2 aromatic carbocycles. The van der Waals surface area contributed by atoms with Crippen LogP contribution in [-0.4, -0.2) is 57.1 Å². The number of fused-ring (bicyclic) bond motifs is 2. The number of aromatic nitrogens is 1. The number of thiazole rings is 1. The Balaban J connectivity index is 1.50. The zero-order chi connectivity index (χ0) is 27.1. The molecule has 0 aliphatic carbocycles. The van der Waals surface area contributed by atoms with Crippen LogP contribution < -0.4 is 14.9 Å². The summed E-state index contributed by atoms with van der Waals surface area (Å²) in [4.78, 5) is 66.5. The minimum Gasteiger partial charge on any atom is -0.483 e. The molecule has 2 aliphatic heterocycles. The number of rotatable bonds is 7. The monoisotopic (exact) mass is 617 g/mol. The van der Waals surface area contributed by atoms with Crippen LogP contribution in [0.1, 0.15) is 21.9 Å². The van der Waals surface area contributed by atoms with Crippen molar-refractivity contribution in [3.63, 3.8) is 0 Å². The molecule has 1 saturated heterocycles. The summed E-state index contributed by atoms with van der Waals surface area (Å²) in [5, 5.41) is 11.6. The number of ether oxygens (including phenoxy) is 1. The fourth-order valence-corrected chi connectivity index (χ4v) is 7.54. The van der Waals surface area contributed by atoms with Crippen molar-refractivity contribution in [1.29, 1.82) is 0 Å². The van der Waals surface area contributed by atoms with E-state index in [0.29, 0.717) is 31.4 Å². The maximum atomic E-state index is 13.4. The average Bonchev–Trinajstić information content (AvgIpc) is 3.35. The van der Waals surface area contributed by atoms with Crippen LogP contribution in [0, 0.1) is 12.8 Å². The van der Waals surface area contributed by atoms with E-state index in [0.717, 1.165) is 33.6 Å². The minimum absolute atomic E-state index is 0.299. The van der Waals surface area contributed by atoms with Crippen molar-refractivity contribution in [3.8, 4) is 5.75 Å². The van der Waals surface area contributed by atoms with Gasteiger partial charge in [0, 0.05) is 26.5 Å². The van der Waals surface area contributed by atoms with Gasteiger partial charge in [-0.3, -0.25) is 28.9 Å². The molecule has 3 atom stereocenters. The third-order valence-electron chi connectivity index (χ3n) is 6.29. The number of hydrogen-bond donors (Lipinski definition) is 3. The van der Waals surface area contributed by atoms with Gasteiger partial charge in [0.1, 0.15) is 17.5 Å². The second kappa shape index (κ2) is 10.4. The van der Waals surface area contributed by atoms with Crippen LogP contribution in [0.25, 0.3) is 0 Å². The minimum atomic E-state index is -1.30. The second-order valence-electron chi connectivity index (χ2n) is 8.74. The number of carboxylic acid groups (broad SMARTS) is 1. The van der Waals surface area contributed by atoms with Crippen LogP contribution in [0.15, 0.2) is 56.8 Å². The van der Waals surface area contributed by atoms with E-state index < -0.39 is 47.3 Å². The molecule has 13 heteroatoms. The summed E-state index contributed by atoms with van der Waals surface area (Å²) in [6, 6.07) is 12.4. The molecule has 1 fully saturated rings. The summed E-state index contributed by atoms with van der Waals surface area (Å²) in [7, 11) is 0. The Hall–Kier alpha value is -3.42. The number of halogens is 1. The molecule has 0 saturated carbocycles. The number of imide groups is 1. The van der Waals surface area contributed by atoms with Crippen LogP contribution in [0.2, 0.25) is 0 Å². The molecule has 3 amide bonds. The number of aryl methyl sites for hydroxylation is 1. The number of hydrogen-bond acceptors (Lipinski definition) is 8.